The van der Waals surface area contributed by atoms with Crippen LogP contribution in [0.5, 0.6) is 0 Å². The number of hydrogen-bond acceptors (Lipinski definition) is 3. The van der Waals surface area contributed by atoms with Crippen LogP contribution in [0.1, 0.15) is 24.2 Å². The standard InChI is InChI=1S/C15H17N3O3/c1-15(2,14(20)21)10-16-13(19)11-8-17-18(9-11)12-6-4-3-5-7-12/h3-9H,10H2,1-2H3,(H,16,19)(H,20,21). The summed E-state index contributed by atoms with van der Waals surface area (Å²) in [5, 5.41) is 15.7. The van der Waals surface area contributed by atoms with E-state index < -0.39 is 11.4 Å². The Balaban J connectivity index is 2.05. The van der Waals surface area contributed by atoms with Gasteiger partial charge in [-0.2, -0.15) is 5.10 Å². The fourth-order valence-corrected chi connectivity index (χ4v) is 1.64. The molecule has 0 saturated heterocycles. The predicted octanol–water partition coefficient (Wildman–Crippen LogP) is 1.71. The minimum atomic E-state index is -1.01. The van der Waals surface area contributed by atoms with Crippen molar-refractivity contribution in [2.24, 2.45) is 5.41 Å². The van der Waals surface area contributed by atoms with E-state index in [-0.39, 0.29) is 12.5 Å². The van der Waals surface area contributed by atoms with Crippen LogP contribution < -0.4 is 5.32 Å². The van der Waals surface area contributed by atoms with Crippen LogP contribution in [-0.2, 0) is 4.79 Å². The van der Waals surface area contributed by atoms with Gasteiger partial charge in [-0.05, 0) is 26.0 Å². The van der Waals surface area contributed by atoms with Crippen molar-refractivity contribution in [1.29, 1.82) is 0 Å². The first-order chi connectivity index (χ1) is 9.90. The number of carbonyl (C=O) groups is 2. The van der Waals surface area contributed by atoms with Gasteiger partial charge in [0.1, 0.15) is 0 Å². The first kappa shape index (κ1) is 14.8. The zero-order chi connectivity index (χ0) is 15.5. The second-order valence-electron chi connectivity index (χ2n) is 5.38. The first-order valence-corrected chi connectivity index (χ1v) is 6.52. The number of aromatic nitrogens is 2. The molecule has 110 valence electrons. The quantitative estimate of drug-likeness (QED) is 0.877. The molecule has 0 aliphatic carbocycles. The molecule has 0 bridgehead atoms. The number of hydrogen-bond donors (Lipinski definition) is 2. The average Bonchev–Trinajstić information content (AvgIpc) is 2.95. The van der Waals surface area contributed by atoms with Gasteiger partial charge in [-0.15, -0.1) is 0 Å². The molecule has 1 heterocycles. The molecule has 1 aromatic heterocycles. The fraction of sp³-hybridized carbons (Fsp3) is 0.267. The van der Waals surface area contributed by atoms with Gasteiger partial charge in [-0.1, -0.05) is 18.2 Å². The number of para-hydroxylation sites is 1. The van der Waals surface area contributed by atoms with Gasteiger partial charge in [0, 0.05) is 12.7 Å². The molecule has 2 aromatic rings. The molecule has 0 aliphatic heterocycles. The molecular weight excluding hydrogens is 270 g/mol. The van der Waals surface area contributed by atoms with Gasteiger partial charge in [-0.25, -0.2) is 4.68 Å². The van der Waals surface area contributed by atoms with E-state index in [0.29, 0.717) is 5.56 Å². The highest BCUT2D eigenvalue weighted by Gasteiger charge is 2.27. The van der Waals surface area contributed by atoms with Crippen LogP contribution in [0.4, 0.5) is 0 Å². The SMILES string of the molecule is CC(C)(CNC(=O)c1cnn(-c2ccccc2)c1)C(=O)O. The van der Waals surface area contributed by atoms with Gasteiger partial charge >= 0.3 is 5.97 Å². The van der Waals surface area contributed by atoms with E-state index >= 15 is 0 Å². The summed E-state index contributed by atoms with van der Waals surface area (Å²) in [6.07, 6.45) is 3.06. The monoisotopic (exact) mass is 287 g/mol. The van der Waals surface area contributed by atoms with Gasteiger partial charge in [0.05, 0.1) is 22.9 Å². The highest BCUT2D eigenvalue weighted by Crippen LogP contribution is 2.14. The van der Waals surface area contributed by atoms with Gasteiger partial charge in [0.2, 0.25) is 0 Å². The molecule has 0 spiro atoms. The van der Waals surface area contributed by atoms with Crippen LogP contribution >= 0.6 is 0 Å². The number of rotatable bonds is 5. The molecule has 1 aromatic carbocycles. The van der Waals surface area contributed by atoms with E-state index in [1.807, 2.05) is 30.3 Å². The van der Waals surface area contributed by atoms with Gasteiger partial charge in [0.15, 0.2) is 0 Å². The number of carbonyl (C=O) groups excluding carboxylic acids is 1. The number of carboxylic acids is 1. The number of carboxylic acid groups (broad SMARTS) is 1. The molecule has 0 atom stereocenters. The highest BCUT2D eigenvalue weighted by molar-refractivity contribution is 5.94. The Kier molecular flexibility index (Phi) is 4.07. The maximum absolute atomic E-state index is 12.0. The van der Waals surface area contributed by atoms with Crippen LogP contribution in [0.2, 0.25) is 0 Å². The van der Waals surface area contributed by atoms with E-state index in [4.69, 9.17) is 5.11 Å². The smallest absolute Gasteiger partial charge is 0.310 e. The zero-order valence-corrected chi connectivity index (χ0v) is 11.9. The Labute approximate surface area is 122 Å². The zero-order valence-electron chi connectivity index (χ0n) is 11.9. The van der Waals surface area contributed by atoms with E-state index in [0.717, 1.165) is 5.69 Å². The molecule has 2 N–H and O–H groups in total. The van der Waals surface area contributed by atoms with E-state index in [1.54, 1.807) is 24.7 Å². The van der Waals surface area contributed by atoms with Crippen molar-refractivity contribution in [3.63, 3.8) is 0 Å². The maximum Gasteiger partial charge on any atom is 0.310 e. The molecule has 0 aliphatic rings. The molecule has 6 nitrogen and oxygen atoms in total. The second kappa shape index (κ2) is 5.78. The molecule has 0 saturated carbocycles. The Hall–Kier alpha value is -2.63. The Bertz CT molecular complexity index is 647. The minimum Gasteiger partial charge on any atom is -0.481 e. The van der Waals surface area contributed by atoms with Crippen molar-refractivity contribution >= 4 is 11.9 Å². The fourth-order valence-electron chi connectivity index (χ4n) is 1.64. The average molecular weight is 287 g/mol. The van der Waals surface area contributed by atoms with Crippen molar-refractivity contribution in [1.82, 2.24) is 15.1 Å². The number of nitrogens with one attached hydrogen (secondary N) is 1. The lowest BCUT2D eigenvalue weighted by Crippen LogP contribution is -2.38. The summed E-state index contributed by atoms with van der Waals surface area (Å²) in [6, 6.07) is 9.41. The summed E-state index contributed by atoms with van der Waals surface area (Å²) in [4.78, 5) is 23.0. The maximum atomic E-state index is 12.0. The lowest BCUT2D eigenvalue weighted by atomic mass is 9.94. The normalized spacial score (nSPS) is 11.1. The topological polar surface area (TPSA) is 84.2 Å². The molecule has 0 unspecified atom stereocenters. The number of benzene rings is 1. The molecule has 0 radical (unpaired) electrons. The number of aliphatic carboxylic acids is 1. The van der Waals surface area contributed by atoms with Crippen LogP contribution in [0, 0.1) is 5.41 Å². The molecule has 1 amide bonds. The predicted molar refractivity (Wildman–Crippen MR) is 77.3 cm³/mol. The summed E-state index contributed by atoms with van der Waals surface area (Å²) in [5.41, 5.74) is 0.230. The molecule has 2 rings (SSSR count). The van der Waals surface area contributed by atoms with Gasteiger partial charge in [0.25, 0.3) is 5.91 Å². The van der Waals surface area contributed by atoms with Crippen molar-refractivity contribution in [2.45, 2.75) is 13.8 Å². The number of amides is 1. The van der Waals surface area contributed by atoms with Gasteiger partial charge in [-0.3, -0.25) is 9.59 Å². The largest absolute Gasteiger partial charge is 0.481 e. The second-order valence-corrected chi connectivity index (χ2v) is 5.38. The first-order valence-electron chi connectivity index (χ1n) is 6.52. The summed E-state index contributed by atoms with van der Waals surface area (Å²) in [7, 11) is 0. The Morgan fingerprint density at radius 2 is 1.95 bits per heavy atom. The summed E-state index contributed by atoms with van der Waals surface area (Å²) in [6.45, 7) is 3.17. The van der Waals surface area contributed by atoms with Crippen molar-refractivity contribution in [2.75, 3.05) is 6.54 Å². The van der Waals surface area contributed by atoms with Gasteiger partial charge < -0.3 is 10.4 Å². The van der Waals surface area contributed by atoms with Crippen molar-refractivity contribution in [3.05, 3.63) is 48.3 Å². The Morgan fingerprint density at radius 1 is 1.29 bits per heavy atom. The van der Waals surface area contributed by atoms with Crippen LogP contribution in [0.25, 0.3) is 5.69 Å². The molecular formula is C15H17N3O3. The minimum absolute atomic E-state index is 0.0533. The van der Waals surface area contributed by atoms with E-state index in [1.165, 1.54) is 6.20 Å². The molecule has 21 heavy (non-hydrogen) atoms. The molecule has 0 fully saturated rings. The summed E-state index contributed by atoms with van der Waals surface area (Å²) >= 11 is 0. The van der Waals surface area contributed by atoms with E-state index in [9.17, 15) is 9.59 Å². The van der Waals surface area contributed by atoms with Crippen LogP contribution in [0.15, 0.2) is 42.7 Å². The highest BCUT2D eigenvalue weighted by atomic mass is 16.4. The lowest BCUT2D eigenvalue weighted by molar-refractivity contribution is -0.146. The lowest BCUT2D eigenvalue weighted by Gasteiger charge is -2.19. The third-order valence-corrected chi connectivity index (χ3v) is 3.14. The van der Waals surface area contributed by atoms with E-state index in [2.05, 4.69) is 10.4 Å². The van der Waals surface area contributed by atoms with Crippen LogP contribution in [-0.4, -0.2) is 33.3 Å². The molecule has 6 heteroatoms. The van der Waals surface area contributed by atoms with Crippen molar-refractivity contribution in [3.8, 4) is 5.69 Å². The number of nitrogens with zero attached hydrogens (tertiary/aromatic N) is 2. The third kappa shape index (κ3) is 3.47. The van der Waals surface area contributed by atoms with Crippen molar-refractivity contribution < 1.29 is 14.7 Å². The summed E-state index contributed by atoms with van der Waals surface area (Å²) < 4.78 is 1.59. The summed E-state index contributed by atoms with van der Waals surface area (Å²) in [5.74, 6) is -1.30. The van der Waals surface area contributed by atoms with Crippen LogP contribution in [0.3, 0.4) is 0 Å². The third-order valence-electron chi connectivity index (χ3n) is 3.14. The Morgan fingerprint density at radius 3 is 2.57 bits per heavy atom.